The largest absolute Gasteiger partial charge is 0.465 e. The van der Waals surface area contributed by atoms with E-state index in [1.54, 1.807) is 0 Å². The molecule has 0 saturated carbocycles. The van der Waals surface area contributed by atoms with Crippen molar-refractivity contribution in [3.8, 4) is 0 Å². The third-order valence-corrected chi connectivity index (χ3v) is 1.99. The maximum absolute atomic E-state index is 12.2. The van der Waals surface area contributed by atoms with Gasteiger partial charge in [0.1, 0.15) is 0 Å². The van der Waals surface area contributed by atoms with Crippen molar-refractivity contribution in [1.82, 2.24) is 0 Å². The van der Waals surface area contributed by atoms with Crippen LogP contribution in [0.15, 0.2) is 30.8 Å². The standard InChI is InChI=1S/C11H9F3O2/c1-7(10(15)16-2)8-3-5-9(6-4-8)11(12,13)14/h3-6H,1H2,2H3. The lowest BCUT2D eigenvalue weighted by atomic mass is 10.1. The lowest BCUT2D eigenvalue weighted by molar-refractivity contribution is -0.137. The van der Waals surface area contributed by atoms with Gasteiger partial charge in [0.15, 0.2) is 0 Å². The van der Waals surface area contributed by atoms with Crippen LogP contribution in [0.4, 0.5) is 13.2 Å². The van der Waals surface area contributed by atoms with Crippen LogP contribution >= 0.6 is 0 Å². The molecule has 1 aromatic carbocycles. The van der Waals surface area contributed by atoms with Crippen LogP contribution in [0.3, 0.4) is 0 Å². The molecule has 0 radical (unpaired) electrons. The van der Waals surface area contributed by atoms with E-state index >= 15 is 0 Å². The summed E-state index contributed by atoms with van der Waals surface area (Å²) in [5.41, 5.74) is -0.440. The molecule has 0 N–H and O–H groups in total. The summed E-state index contributed by atoms with van der Waals surface area (Å²) in [4.78, 5) is 11.1. The fourth-order valence-electron chi connectivity index (χ4n) is 1.10. The zero-order chi connectivity index (χ0) is 12.3. The van der Waals surface area contributed by atoms with Gasteiger partial charge in [0.05, 0.1) is 18.2 Å². The number of carbonyl (C=O) groups is 1. The minimum Gasteiger partial charge on any atom is -0.465 e. The zero-order valence-corrected chi connectivity index (χ0v) is 8.47. The van der Waals surface area contributed by atoms with E-state index in [1.807, 2.05) is 0 Å². The number of alkyl halides is 3. The highest BCUT2D eigenvalue weighted by atomic mass is 19.4. The SMILES string of the molecule is C=C(C(=O)OC)c1ccc(C(F)(F)F)cc1. The van der Waals surface area contributed by atoms with E-state index in [1.165, 1.54) is 19.2 Å². The van der Waals surface area contributed by atoms with Gasteiger partial charge < -0.3 is 4.74 Å². The van der Waals surface area contributed by atoms with Crippen molar-refractivity contribution in [2.24, 2.45) is 0 Å². The Labute approximate surface area is 90.3 Å². The summed E-state index contributed by atoms with van der Waals surface area (Å²) >= 11 is 0. The molecule has 0 aromatic heterocycles. The molecule has 2 nitrogen and oxygen atoms in total. The minimum atomic E-state index is -4.38. The van der Waals surface area contributed by atoms with E-state index in [0.717, 1.165) is 12.1 Å². The van der Waals surface area contributed by atoms with Crippen LogP contribution in [-0.4, -0.2) is 13.1 Å². The maximum Gasteiger partial charge on any atom is 0.416 e. The van der Waals surface area contributed by atoms with Gasteiger partial charge in [-0.1, -0.05) is 18.7 Å². The first-order valence-corrected chi connectivity index (χ1v) is 4.31. The third-order valence-electron chi connectivity index (χ3n) is 1.99. The molecule has 1 aromatic rings. The van der Waals surface area contributed by atoms with Crippen molar-refractivity contribution < 1.29 is 22.7 Å². The minimum absolute atomic E-state index is 0.0243. The molecule has 0 aliphatic rings. The average molecular weight is 230 g/mol. The van der Waals surface area contributed by atoms with Crippen LogP contribution in [0.25, 0.3) is 5.57 Å². The van der Waals surface area contributed by atoms with Crippen molar-refractivity contribution in [1.29, 1.82) is 0 Å². The third kappa shape index (κ3) is 2.62. The van der Waals surface area contributed by atoms with Gasteiger partial charge in [-0.2, -0.15) is 13.2 Å². The molecule has 16 heavy (non-hydrogen) atoms. The van der Waals surface area contributed by atoms with Crippen molar-refractivity contribution in [3.63, 3.8) is 0 Å². The fourth-order valence-corrected chi connectivity index (χ4v) is 1.10. The van der Waals surface area contributed by atoms with Crippen LogP contribution in [0.2, 0.25) is 0 Å². The molecule has 0 fully saturated rings. The molecule has 0 aliphatic heterocycles. The Balaban J connectivity index is 2.96. The molecule has 0 amide bonds. The van der Waals surface area contributed by atoms with E-state index in [-0.39, 0.29) is 5.57 Å². The van der Waals surface area contributed by atoms with Crippen molar-refractivity contribution in [3.05, 3.63) is 42.0 Å². The molecule has 0 atom stereocenters. The van der Waals surface area contributed by atoms with Crippen molar-refractivity contribution in [2.45, 2.75) is 6.18 Å². The summed E-state index contributed by atoms with van der Waals surface area (Å²) in [5, 5.41) is 0. The molecule has 86 valence electrons. The van der Waals surface area contributed by atoms with Gasteiger partial charge in [-0.05, 0) is 17.7 Å². The van der Waals surface area contributed by atoms with Crippen molar-refractivity contribution >= 4 is 11.5 Å². The quantitative estimate of drug-likeness (QED) is 0.576. The average Bonchev–Trinajstić information content (AvgIpc) is 2.26. The zero-order valence-electron chi connectivity index (χ0n) is 8.47. The second kappa shape index (κ2) is 4.38. The van der Waals surface area contributed by atoms with Gasteiger partial charge in [0.25, 0.3) is 0 Å². The summed E-state index contributed by atoms with van der Waals surface area (Å²) in [6, 6.07) is 4.15. The molecule has 1 rings (SSSR count). The number of ether oxygens (including phenoxy) is 1. The van der Waals surface area contributed by atoms with E-state index in [0.29, 0.717) is 5.56 Å². The van der Waals surface area contributed by atoms with Crippen LogP contribution in [0.1, 0.15) is 11.1 Å². The molecule has 0 saturated heterocycles. The Morgan fingerprint density at radius 3 is 2.12 bits per heavy atom. The molecule has 0 unspecified atom stereocenters. The van der Waals surface area contributed by atoms with E-state index < -0.39 is 17.7 Å². The summed E-state index contributed by atoms with van der Waals surface area (Å²) in [6.07, 6.45) is -4.38. The van der Waals surface area contributed by atoms with Gasteiger partial charge in [0.2, 0.25) is 0 Å². The summed E-state index contributed by atoms with van der Waals surface area (Å²) < 4.78 is 41.1. The lowest BCUT2D eigenvalue weighted by Crippen LogP contribution is -2.06. The predicted octanol–water partition coefficient (Wildman–Crippen LogP) is 2.89. The fraction of sp³-hybridized carbons (Fsp3) is 0.182. The van der Waals surface area contributed by atoms with Crippen molar-refractivity contribution in [2.75, 3.05) is 7.11 Å². The van der Waals surface area contributed by atoms with E-state index in [2.05, 4.69) is 11.3 Å². The molecule has 0 spiro atoms. The van der Waals surface area contributed by atoms with Gasteiger partial charge >= 0.3 is 12.1 Å². The first kappa shape index (κ1) is 12.3. The second-order valence-corrected chi connectivity index (χ2v) is 3.05. The Morgan fingerprint density at radius 1 is 1.25 bits per heavy atom. The maximum atomic E-state index is 12.2. The number of carbonyl (C=O) groups excluding carboxylic acids is 1. The highest BCUT2D eigenvalue weighted by molar-refractivity contribution is 6.15. The monoisotopic (exact) mass is 230 g/mol. The summed E-state index contributed by atoms with van der Waals surface area (Å²) in [7, 11) is 1.18. The first-order valence-electron chi connectivity index (χ1n) is 4.31. The number of halogens is 3. The first-order chi connectivity index (χ1) is 7.36. The molecule has 5 heteroatoms. The van der Waals surface area contributed by atoms with Crippen LogP contribution in [0.5, 0.6) is 0 Å². The lowest BCUT2D eigenvalue weighted by Gasteiger charge is -2.08. The van der Waals surface area contributed by atoms with Crippen LogP contribution in [0, 0.1) is 0 Å². The van der Waals surface area contributed by atoms with Gasteiger partial charge in [-0.25, -0.2) is 4.79 Å². The molecule has 0 bridgehead atoms. The molecule has 0 aliphatic carbocycles. The number of hydrogen-bond donors (Lipinski definition) is 0. The number of hydrogen-bond acceptors (Lipinski definition) is 2. The normalized spacial score (nSPS) is 11.0. The highest BCUT2D eigenvalue weighted by Crippen LogP contribution is 2.29. The Kier molecular flexibility index (Phi) is 3.37. The molecular formula is C11H9F3O2. The number of rotatable bonds is 2. The predicted molar refractivity (Wildman–Crippen MR) is 52.5 cm³/mol. The molecule has 0 heterocycles. The Bertz CT molecular complexity index is 404. The topological polar surface area (TPSA) is 26.3 Å². The van der Waals surface area contributed by atoms with Crippen LogP contribution in [-0.2, 0) is 15.7 Å². The Hall–Kier alpha value is -1.78. The van der Waals surface area contributed by atoms with Gasteiger partial charge in [0, 0.05) is 0 Å². The Morgan fingerprint density at radius 2 is 1.75 bits per heavy atom. The molecular weight excluding hydrogens is 221 g/mol. The van der Waals surface area contributed by atoms with Gasteiger partial charge in [-0.15, -0.1) is 0 Å². The van der Waals surface area contributed by atoms with Crippen LogP contribution < -0.4 is 0 Å². The highest BCUT2D eigenvalue weighted by Gasteiger charge is 2.30. The number of esters is 1. The second-order valence-electron chi connectivity index (χ2n) is 3.05. The van der Waals surface area contributed by atoms with Gasteiger partial charge in [-0.3, -0.25) is 0 Å². The van der Waals surface area contributed by atoms with E-state index in [9.17, 15) is 18.0 Å². The smallest absolute Gasteiger partial charge is 0.416 e. The summed E-state index contributed by atoms with van der Waals surface area (Å²) in [6.45, 7) is 3.43. The summed E-state index contributed by atoms with van der Waals surface area (Å²) in [5.74, 6) is -0.667. The number of methoxy groups -OCH3 is 1. The number of benzene rings is 1. The van der Waals surface area contributed by atoms with E-state index in [4.69, 9.17) is 0 Å².